The standard InChI is InChI=1S/C32H36O4/c1-3-5-13-23-20-22(12-4-2)29(24-16-8-10-18-26(24)31(33)34)30(28(23)21-14-6-7-15-21)25-17-9-11-19-27(25)32(35)36/h8-11,16-21H,3-7,12-15H2,1-2H3,(H,33,34)(H,35,36). The summed E-state index contributed by atoms with van der Waals surface area (Å²) in [7, 11) is 0. The van der Waals surface area contributed by atoms with Crippen LogP contribution < -0.4 is 0 Å². The second-order valence-electron chi connectivity index (χ2n) is 9.89. The number of hydrogen-bond donors (Lipinski definition) is 2. The molecule has 2 N–H and O–H groups in total. The van der Waals surface area contributed by atoms with Crippen LogP contribution in [-0.2, 0) is 12.8 Å². The number of rotatable bonds is 10. The quantitative estimate of drug-likeness (QED) is 0.303. The molecule has 4 nitrogen and oxygen atoms in total. The van der Waals surface area contributed by atoms with E-state index in [4.69, 9.17) is 0 Å². The average Bonchev–Trinajstić information content (AvgIpc) is 3.41. The zero-order valence-corrected chi connectivity index (χ0v) is 21.3. The molecule has 1 saturated carbocycles. The van der Waals surface area contributed by atoms with E-state index in [9.17, 15) is 19.8 Å². The van der Waals surface area contributed by atoms with Gasteiger partial charge in [0, 0.05) is 0 Å². The number of aryl methyl sites for hydroxylation is 2. The van der Waals surface area contributed by atoms with Gasteiger partial charge in [-0.1, -0.05) is 82.0 Å². The van der Waals surface area contributed by atoms with Crippen molar-refractivity contribution < 1.29 is 19.8 Å². The van der Waals surface area contributed by atoms with Gasteiger partial charge in [-0.25, -0.2) is 9.59 Å². The van der Waals surface area contributed by atoms with Gasteiger partial charge in [-0.15, -0.1) is 0 Å². The molecule has 4 heteroatoms. The van der Waals surface area contributed by atoms with Crippen LogP contribution in [0.2, 0.25) is 0 Å². The van der Waals surface area contributed by atoms with Crippen molar-refractivity contribution in [3.8, 4) is 22.3 Å². The van der Waals surface area contributed by atoms with E-state index in [-0.39, 0.29) is 11.1 Å². The van der Waals surface area contributed by atoms with Crippen molar-refractivity contribution in [2.75, 3.05) is 0 Å². The maximum absolute atomic E-state index is 12.4. The SMILES string of the molecule is CCCCc1cc(CCC)c(-c2ccccc2C(=O)O)c(-c2ccccc2C(=O)O)c1C1CCCC1. The molecule has 3 aromatic rings. The molecule has 36 heavy (non-hydrogen) atoms. The van der Waals surface area contributed by atoms with E-state index >= 15 is 0 Å². The van der Waals surface area contributed by atoms with E-state index in [0.717, 1.165) is 74.5 Å². The fourth-order valence-corrected chi connectivity index (χ4v) is 5.90. The van der Waals surface area contributed by atoms with Gasteiger partial charge in [0.25, 0.3) is 0 Å². The minimum Gasteiger partial charge on any atom is -0.478 e. The molecule has 1 aliphatic rings. The summed E-state index contributed by atoms with van der Waals surface area (Å²) < 4.78 is 0. The van der Waals surface area contributed by atoms with Gasteiger partial charge in [-0.2, -0.15) is 0 Å². The lowest BCUT2D eigenvalue weighted by atomic mass is 9.76. The fraction of sp³-hybridized carbons (Fsp3) is 0.375. The largest absolute Gasteiger partial charge is 0.478 e. The molecule has 0 unspecified atom stereocenters. The van der Waals surface area contributed by atoms with Gasteiger partial charge in [0.1, 0.15) is 0 Å². The fourth-order valence-electron chi connectivity index (χ4n) is 5.90. The predicted molar refractivity (Wildman–Crippen MR) is 145 cm³/mol. The first kappa shape index (κ1) is 25.7. The van der Waals surface area contributed by atoms with Crippen LogP contribution in [0.3, 0.4) is 0 Å². The highest BCUT2D eigenvalue weighted by atomic mass is 16.4. The lowest BCUT2D eigenvalue weighted by Gasteiger charge is -2.28. The molecule has 3 aromatic carbocycles. The monoisotopic (exact) mass is 484 g/mol. The van der Waals surface area contributed by atoms with Crippen LogP contribution in [0.4, 0.5) is 0 Å². The summed E-state index contributed by atoms with van der Waals surface area (Å²) in [6.45, 7) is 4.33. The van der Waals surface area contributed by atoms with Crippen LogP contribution >= 0.6 is 0 Å². The third-order valence-electron chi connectivity index (χ3n) is 7.47. The van der Waals surface area contributed by atoms with Crippen LogP contribution in [-0.4, -0.2) is 22.2 Å². The molecular formula is C32H36O4. The number of carbonyl (C=O) groups is 2. The minimum atomic E-state index is -0.969. The highest BCUT2D eigenvalue weighted by Gasteiger charge is 2.30. The third kappa shape index (κ3) is 5.09. The summed E-state index contributed by atoms with van der Waals surface area (Å²) in [5, 5.41) is 20.3. The summed E-state index contributed by atoms with van der Waals surface area (Å²) in [6, 6.07) is 16.7. The number of carboxylic acid groups (broad SMARTS) is 2. The summed E-state index contributed by atoms with van der Waals surface area (Å²) in [6.07, 6.45) is 9.29. The summed E-state index contributed by atoms with van der Waals surface area (Å²) in [5.74, 6) is -1.58. The maximum atomic E-state index is 12.4. The molecule has 0 heterocycles. The molecule has 0 bridgehead atoms. The summed E-state index contributed by atoms with van der Waals surface area (Å²) in [5.41, 5.74) is 7.36. The molecule has 0 amide bonds. The average molecular weight is 485 g/mol. The van der Waals surface area contributed by atoms with Crippen LogP contribution in [0.5, 0.6) is 0 Å². The van der Waals surface area contributed by atoms with Crippen LogP contribution in [0, 0.1) is 0 Å². The number of benzene rings is 3. The molecule has 0 radical (unpaired) electrons. The van der Waals surface area contributed by atoms with Crippen molar-refractivity contribution in [2.45, 2.75) is 77.6 Å². The van der Waals surface area contributed by atoms with Crippen molar-refractivity contribution in [1.29, 1.82) is 0 Å². The van der Waals surface area contributed by atoms with Gasteiger partial charge in [-0.3, -0.25) is 0 Å². The van der Waals surface area contributed by atoms with Gasteiger partial charge in [0.15, 0.2) is 0 Å². The number of unbranched alkanes of at least 4 members (excludes halogenated alkanes) is 1. The highest BCUT2D eigenvalue weighted by molar-refractivity contribution is 6.04. The topological polar surface area (TPSA) is 74.6 Å². The number of carboxylic acids is 2. The van der Waals surface area contributed by atoms with Crippen molar-refractivity contribution >= 4 is 11.9 Å². The predicted octanol–water partition coefficient (Wildman–Crippen LogP) is 8.37. The lowest BCUT2D eigenvalue weighted by molar-refractivity contribution is 0.0686. The molecule has 0 saturated heterocycles. The van der Waals surface area contributed by atoms with Gasteiger partial charge in [0.2, 0.25) is 0 Å². The van der Waals surface area contributed by atoms with Crippen molar-refractivity contribution in [2.24, 2.45) is 0 Å². The number of aromatic carboxylic acids is 2. The van der Waals surface area contributed by atoms with Gasteiger partial charge >= 0.3 is 11.9 Å². The molecule has 4 rings (SSSR count). The Morgan fingerprint density at radius 3 is 1.83 bits per heavy atom. The Kier molecular flexibility index (Phi) is 8.25. The van der Waals surface area contributed by atoms with Crippen LogP contribution in [0.25, 0.3) is 22.3 Å². The smallest absolute Gasteiger partial charge is 0.336 e. The van der Waals surface area contributed by atoms with Crippen molar-refractivity contribution in [3.63, 3.8) is 0 Å². The second-order valence-corrected chi connectivity index (χ2v) is 9.89. The second kappa shape index (κ2) is 11.6. The van der Waals surface area contributed by atoms with E-state index in [0.29, 0.717) is 17.0 Å². The van der Waals surface area contributed by atoms with E-state index in [1.807, 2.05) is 24.3 Å². The Bertz CT molecular complexity index is 1250. The number of hydrogen-bond acceptors (Lipinski definition) is 2. The van der Waals surface area contributed by atoms with E-state index < -0.39 is 11.9 Å². The van der Waals surface area contributed by atoms with Crippen molar-refractivity contribution in [1.82, 2.24) is 0 Å². The first-order valence-corrected chi connectivity index (χ1v) is 13.3. The van der Waals surface area contributed by atoms with Crippen LogP contribution in [0.15, 0.2) is 54.6 Å². The Labute approximate surface area is 214 Å². The molecule has 0 spiro atoms. The lowest BCUT2D eigenvalue weighted by Crippen LogP contribution is -2.11. The molecule has 0 aliphatic heterocycles. The van der Waals surface area contributed by atoms with Crippen LogP contribution in [0.1, 0.15) is 102 Å². The zero-order chi connectivity index (χ0) is 25.7. The van der Waals surface area contributed by atoms with E-state index in [2.05, 4.69) is 19.9 Å². The van der Waals surface area contributed by atoms with Gasteiger partial charge in [0.05, 0.1) is 11.1 Å². The Balaban J connectivity index is 2.20. The van der Waals surface area contributed by atoms with E-state index in [1.165, 1.54) is 11.1 Å². The highest BCUT2D eigenvalue weighted by Crippen LogP contribution is 2.48. The van der Waals surface area contributed by atoms with E-state index in [1.54, 1.807) is 24.3 Å². The molecular weight excluding hydrogens is 448 g/mol. The molecule has 0 aromatic heterocycles. The maximum Gasteiger partial charge on any atom is 0.336 e. The first-order chi connectivity index (χ1) is 17.5. The molecule has 1 aliphatic carbocycles. The van der Waals surface area contributed by atoms with Gasteiger partial charge in [-0.05, 0) is 89.1 Å². The van der Waals surface area contributed by atoms with Crippen molar-refractivity contribution in [3.05, 3.63) is 82.4 Å². The minimum absolute atomic E-state index is 0.252. The summed E-state index contributed by atoms with van der Waals surface area (Å²) in [4.78, 5) is 24.8. The Morgan fingerprint density at radius 1 is 0.750 bits per heavy atom. The zero-order valence-electron chi connectivity index (χ0n) is 21.3. The Morgan fingerprint density at radius 2 is 1.31 bits per heavy atom. The third-order valence-corrected chi connectivity index (χ3v) is 7.47. The first-order valence-electron chi connectivity index (χ1n) is 13.3. The molecule has 1 fully saturated rings. The summed E-state index contributed by atoms with van der Waals surface area (Å²) >= 11 is 0. The molecule has 0 atom stereocenters. The molecule has 188 valence electrons. The Hall–Kier alpha value is -3.40. The normalized spacial score (nSPS) is 13.7. The van der Waals surface area contributed by atoms with Gasteiger partial charge < -0.3 is 10.2 Å².